The molecule has 0 unspecified atom stereocenters. The van der Waals surface area contributed by atoms with Gasteiger partial charge in [-0.1, -0.05) is 84.5 Å². The zero-order chi connectivity index (χ0) is 26.6. The monoisotopic (exact) mass is 506 g/mol. The number of rotatable bonds is 12. The maximum Gasteiger partial charge on any atom is 0.161 e. The van der Waals surface area contributed by atoms with Crippen LogP contribution in [-0.4, -0.2) is 13.7 Å². The van der Waals surface area contributed by atoms with Gasteiger partial charge in [0.05, 0.1) is 7.11 Å². The fourth-order valence-electron chi connectivity index (χ4n) is 3.74. The number of hydrogen-bond donors (Lipinski definition) is 0. The molecule has 4 aromatic rings. The number of ether oxygens (including phenoxy) is 4. The van der Waals surface area contributed by atoms with Crippen LogP contribution in [0.15, 0.2) is 109 Å². The predicted octanol–water partition coefficient (Wildman–Crippen LogP) is 8.37. The summed E-state index contributed by atoms with van der Waals surface area (Å²) < 4.78 is 23.7. The number of allylic oxidation sites excluding steroid dienone is 1. The fourth-order valence-corrected chi connectivity index (χ4v) is 3.74. The first-order valence-corrected chi connectivity index (χ1v) is 12.7. The Morgan fingerprint density at radius 2 is 1.21 bits per heavy atom. The van der Waals surface area contributed by atoms with Gasteiger partial charge in [0.15, 0.2) is 11.5 Å². The van der Waals surface area contributed by atoms with Crippen molar-refractivity contribution in [2.45, 2.75) is 27.1 Å². The molecule has 0 N–H and O–H groups in total. The summed E-state index contributed by atoms with van der Waals surface area (Å²) in [6.45, 7) is 5.60. The van der Waals surface area contributed by atoms with Crippen molar-refractivity contribution in [3.05, 3.63) is 131 Å². The highest BCUT2D eigenvalue weighted by atomic mass is 16.5. The average Bonchev–Trinajstić information content (AvgIpc) is 2.95. The van der Waals surface area contributed by atoms with Crippen molar-refractivity contribution in [1.29, 1.82) is 0 Å². The molecule has 0 fully saturated rings. The van der Waals surface area contributed by atoms with Crippen molar-refractivity contribution in [1.82, 2.24) is 0 Å². The zero-order valence-corrected chi connectivity index (χ0v) is 22.2. The Morgan fingerprint density at radius 3 is 1.84 bits per heavy atom. The van der Waals surface area contributed by atoms with Crippen molar-refractivity contribution in [3.63, 3.8) is 0 Å². The van der Waals surface area contributed by atoms with Gasteiger partial charge in [-0.15, -0.1) is 0 Å². The van der Waals surface area contributed by atoms with Crippen molar-refractivity contribution in [2.75, 3.05) is 13.7 Å². The third-order valence-electron chi connectivity index (χ3n) is 5.79. The normalized spacial score (nSPS) is 10.7. The van der Waals surface area contributed by atoms with Crippen LogP contribution < -0.4 is 18.9 Å². The van der Waals surface area contributed by atoms with Crippen molar-refractivity contribution < 1.29 is 18.9 Å². The molecule has 0 saturated heterocycles. The molecule has 0 radical (unpaired) electrons. The summed E-state index contributed by atoms with van der Waals surface area (Å²) in [5.74, 6) is 2.91. The third-order valence-corrected chi connectivity index (χ3v) is 5.79. The quantitative estimate of drug-likeness (QED) is 0.143. The molecule has 0 atom stereocenters. The first-order chi connectivity index (χ1) is 18.6. The summed E-state index contributed by atoms with van der Waals surface area (Å²) in [5, 5.41) is 0. The highest BCUT2D eigenvalue weighted by Crippen LogP contribution is 2.30. The van der Waals surface area contributed by atoms with Gasteiger partial charge in [0.25, 0.3) is 0 Å². The second-order valence-electron chi connectivity index (χ2n) is 9.12. The molecule has 4 aromatic carbocycles. The highest BCUT2D eigenvalue weighted by molar-refractivity contribution is 5.72. The third kappa shape index (κ3) is 8.31. The van der Waals surface area contributed by atoms with Crippen LogP contribution in [0.25, 0.3) is 12.2 Å². The lowest BCUT2D eigenvalue weighted by atomic mass is 10.1. The highest BCUT2D eigenvalue weighted by Gasteiger charge is 2.07. The molecule has 194 valence electrons. The van der Waals surface area contributed by atoms with E-state index in [1.54, 1.807) is 7.11 Å². The summed E-state index contributed by atoms with van der Waals surface area (Å²) in [6, 6.07) is 32.1. The largest absolute Gasteiger partial charge is 0.493 e. The van der Waals surface area contributed by atoms with E-state index in [1.165, 1.54) is 5.57 Å². The van der Waals surface area contributed by atoms with E-state index in [4.69, 9.17) is 18.9 Å². The number of hydrogen-bond acceptors (Lipinski definition) is 4. The van der Waals surface area contributed by atoms with E-state index >= 15 is 0 Å². The van der Waals surface area contributed by atoms with Gasteiger partial charge < -0.3 is 18.9 Å². The Bertz CT molecular complexity index is 1350. The van der Waals surface area contributed by atoms with E-state index < -0.39 is 0 Å². The molecule has 38 heavy (non-hydrogen) atoms. The lowest BCUT2D eigenvalue weighted by Crippen LogP contribution is -1.98. The summed E-state index contributed by atoms with van der Waals surface area (Å²) in [5.41, 5.74) is 5.41. The van der Waals surface area contributed by atoms with Crippen molar-refractivity contribution in [3.8, 4) is 23.0 Å². The van der Waals surface area contributed by atoms with Crippen LogP contribution in [-0.2, 0) is 13.2 Å². The van der Waals surface area contributed by atoms with Crippen LogP contribution in [0.2, 0.25) is 0 Å². The standard InChI is InChI=1S/C34H34O4/c1-26(2)18-19-36-31-20-30(21-32(23-31)37-24-28-10-6-4-7-11-28)15-14-27-16-17-33(34(22-27)35-3)38-25-29-12-8-5-9-13-29/h4-18,20-23H,19,24-25H2,1-3H3/b15-14+. The molecule has 0 amide bonds. The van der Waals surface area contributed by atoms with E-state index in [0.717, 1.165) is 33.8 Å². The van der Waals surface area contributed by atoms with Gasteiger partial charge in [0.1, 0.15) is 31.3 Å². The summed E-state index contributed by atoms with van der Waals surface area (Å²) in [4.78, 5) is 0. The maximum atomic E-state index is 6.10. The SMILES string of the molecule is COc1cc(/C=C/c2cc(OCC=C(C)C)cc(OCc3ccccc3)c2)ccc1OCc1ccccc1. The molecule has 4 heteroatoms. The molecule has 0 spiro atoms. The van der Waals surface area contributed by atoms with E-state index in [0.29, 0.717) is 31.3 Å². The van der Waals surface area contributed by atoms with E-state index in [9.17, 15) is 0 Å². The van der Waals surface area contributed by atoms with Crippen molar-refractivity contribution >= 4 is 12.2 Å². The molecule has 4 rings (SSSR count). The number of benzene rings is 4. The Labute approximate surface area is 225 Å². The Balaban J connectivity index is 1.50. The van der Waals surface area contributed by atoms with Crippen LogP contribution in [0.5, 0.6) is 23.0 Å². The molecule has 0 saturated carbocycles. The first kappa shape index (κ1) is 26.6. The molecular weight excluding hydrogens is 472 g/mol. The fraction of sp³-hybridized carbons (Fsp3) is 0.176. The first-order valence-electron chi connectivity index (χ1n) is 12.7. The molecule has 0 aliphatic heterocycles. The van der Waals surface area contributed by atoms with Gasteiger partial charge in [0, 0.05) is 6.07 Å². The predicted molar refractivity (Wildman–Crippen MR) is 155 cm³/mol. The molecule has 0 aliphatic carbocycles. The summed E-state index contributed by atoms with van der Waals surface area (Å²) in [7, 11) is 1.65. The minimum atomic E-state index is 0.484. The van der Waals surface area contributed by atoms with Gasteiger partial charge in [-0.2, -0.15) is 0 Å². The van der Waals surface area contributed by atoms with Crippen molar-refractivity contribution in [2.24, 2.45) is 0 Å². The smallest absolute Gasteiger partial charge is 0.161 e. The second-order valence-corrected chi connectivity index (χ2v) is 9.12. The van der Waals surface area contributed by atoms with Crippen LogP contribution in [0.1, 0.15) is 36.1 Å². The lowest BCUT2D eigenvalue weighted by molar-refractivity contribution is 0.284. The summed E-state index contributed by atoms with van der Waals surface area (Å²) in [6.07, 6.45) is 6.14. The van der Waals surface area contributed by atoms with Gasteiger partial charge in [-0.05, 0) is 66.4 Å². The topological polar surface area (TPSA) is 36.9 Å². The second kappa shape index (κ2) is 13.8. The van der Waals surface area contributed by atoms with Gasteiger partial charge in [0.2, 0.25) is 0 Å². The molecule has 0 aromatic heterocycles. The molecule has 0 heterocycles. The lowest BCUT2D eigenvalue weighted by Gasteiger charge is -2.12. The van der Waals surface area contributed by atoms with Gasteiger partial charge >= 0.3 is 0 Å². The van der Waals surface area contributed by atoms with Gasteiger partial charge in [-0.3, -0.25) is 0 Å². The average molecular weight is 507 g/mol. The van der Waals surface area contributed by atoms with Crippen LogP contribution in [0.4, 0.5) is 0 Å². The van der Waals surface area contributed by atoms with Crippen LogP contribution >= 0.6 is 0 Å². The Hall–Kier alpha value is -4.44. The maximum absolute atomic E-state index is 6.10. The number of methoxy groups -OCH3 is 1. The van der Waals surface area contributed by atoms with E-state index in [1.807, 2.05) is 97.1 Å². The zero-order valence-electron chi connectivity index (χ0n) is 22.2. The van der Waals surface area contributed by atoms with Gasteiger partial charge in [-0.25, -0.2) is 0 Å². The van der Waals surface area contributed by atoms with Crippen LogP contribution in [0.3, 0.4) is 0 Å². The molecule has 0 aliphatic rings. The Morgan fingerprint density at radius 1 is 0.605 bits per heavy atom. The Kier molecular flexibility index (Phi) is 9.63. The molecule has 0 bridgehead atoms. The van der Waals surface area contributed by atoms with E-state index in [-0.39, 0.29) is 0 Å². The van der Waals surface area contributed by atoms with E-state index in [2.05, 4.69) is 32.1 Å². The minimum Gasteiger partial charge on any atom is -0.493 e. The molecule has 4 nitrogen and oxygen atoms in total. The summed E-state index contributed by atoms with van der Waals surface area (Å²) >= 11 is 0. The minimum absolute atomic E-state index is 0.484. The van der Waals surface area contributed by atoms with Crippen LogP contribution in [0, 0.1) is 0 Å². The molecular formula is C34H34O4.